The summed E-state index contributed by atoms with van der Waals surface area (Å²) in [5.74, 6) is 0.395. The number of ether oxygens (including phenoxy) is 1. The number of nitrogens with zero attached hydrogens (tertiary/aromatic N) is 2. The average molecular weight is 292 g/mol. The van der Waals surface area contributed by atoms with Crippen molar-refractivity contribution in [2.45, 2.75) is 25.5 Å². The molecule has 0 aliphatic heterocycles. The van der Waals surface area contributed by atoms with Gasteiger partial charge in [0.15, 0.2) is 0 Å². The Morgan fingerprint density at radius 1 is 1.30 bits per heavy atom. The van der Waals surface area contributed by atoms with Gasteiger partial charge in [0, 0.05) is 0 Å². The van der Waals surface area contributed by atoms with Gasteiger partial charge in [-0.15, -0.1) is 10.2 Å². The molecular weight excluding hydrogens is 276 g/mol. The second-order valence-corrected chi connectivity index (χ2v) is 5.35. The number of aromatic nitrogens is 2. The number of rotatable bonds is 5. The van der Waals surface area contributed by atoms with Crippen molar-refractivity contribution >= 4 is 17.7 Å². The van der Waals surface area contributed by atoms with Crippen LogP contribution in [0.4, 0.5) is 0 Å². The topological polar surface area (TPSA) is 65.2 Å². The van der Waals surface area contributed by atoms with Crippen LogP contribution >= 0.6 is 11.8 Å². The summed E-state index contributed by atoms with van der Waals surface area (Å²) in [7, 11) is 1.35. The molecule has 0 radical (unpaired) electrons. The van der Waals surface area contributed by atoms with Gasteiger partial charge in [-0.2, -0.15) is 0 Å². The first-order valence-electron chi connectivity index (χ1n) is 6.16. The van der Waals surface area contributed by atoms with Crippen molar-refractivity contribution in [3.05, 3.63) is 40.8 Å². The van der Waals surface area contributed by atoms with Gasteiger partial charge in [0.1, 0.15) is 5.75 Å². The van der Waals surface area contributed by atoms with Crippen molar-refractivity contribution in [1.29, 1.82) is 0 Å². The van der Waals surface area contributed by atoms with E-state index in [4.69, 9.17) is 4.42 Å². The summed E-state index contributed by atoms with van der Waals surface area (Å²) in [6.07, 6.45) is 0.590. The fraction of sp³-hybridized carbons (Fsp3) is 0.357. The quantitative estimate of drug-likeness (QED) is 0.623. The average Bonchev–Trinajstić information content (AvgIpc) is 2.88. The first-order valence-corrected chi connectivity index (χ1v) is 7.15. The van der Waals surface area contributed by atoms with Gasteiger partial charge in [-0.1, -0.05) is 30.0 Å². The van der Waals surface area contributed by atoms with E-state index in [1.54, 1.807) is 0 Å². The molecule has 0 unspecified atom stereocenters. The summed E-state index contributed by atoms with van der Waals surface area (Å²) in [6, 6.07) is 6.24. The molecule has 1 aromatic carbocycles. The highest BCUT2D eigenvalue weighted by molar-refractivity contribution is 7.99. The first kappa shape index (κ1) is 14.6. The van der Waals surface area contributed by atoms with Crippen LogP contribution in [-0.4, -0.2) is 29.0 Å². The number of hydrogen-bond donors (Lipinski definition) is 0. The molecule has 20 heavy (non-hydrogen) atoms. The third-order valence-electron chi connectivity index (χ3n) is 2.92. The molecule has 6 heteroatoms. The summed E-state index contributed by atoms with van der Waals surface area (Å²) < 4.78 is 10.0. The zero-order valence-electron chi connectivity index (χ0n) is 11.7. The lowest BCUT2D eigenvalue weighted by Gasteiger charge is -2.02. The lowest BCUT2D eigenvalue weighted by Crippen LogP contribution is -2.02. The summed E-state index contributed by atoms with van der Waals surface area (Å²) in [4.78, 5) is 11.0. The molecule has 0 spiro atoms. The molecule has 0 fully saturated rings. The largest absolute Gasteiger partial charge is 0.468 e. The van der Waals surface area contributed by atoms with E-state index in [1.807, 2.05) is 6.07 Å². The predicted molar refractivity (Wildman–Crippen MR) is 75.8 cm³/mol. The summed E-state index contributed by atoms with van der Waals surface area (Å²) in [6.45, 7) is 4.15. The Morgan fingerprint density at radius 2 is 2.10 bits per heavy atom. The molecule has 0 saturated heterocycles. The fourth-order valence-corrected chi connectivity index (χ4v) is 2.25. The van der Waals surface area contributed by atoms with Gasteiger partial charge in [0.2, 0.25) is 5.89 Å². The Bertz CT molecular complexity index is 610. The van der Waals surface area contributed by atoms with Crippen LogP contribution in [0.25, 0.3) is 0 Å². The van der Waals surface area contributed by atoms with Crippen LogP contribution < -0.4 is 0 Å². The minimum absolute atomic E-state index is 0.168. The van der Waals surface area contributed by atoms with E-state index in [0.717, 1.165) is 5.56 Å². The predicted octanol–water partition coefficient (Wildman–Crippen LogP) is 2.54. The van der Waals surface area contributed by atoms with E-state index in [0.29, 0.717) is 17.5 Å². The van der Waals surface area contributed by atoms with Crippen molar-refractivity contribution in [3.8, 4) is 0 Å². The van der Waals surface area contributed by atoms with E-state index in [9.17, 15) is 4.79 Å². The molecule has 0 aliphatic rings. The second kappa shape index (κ2) is 6.56. The normalized spacial score (nSPS) is 10.6. The van der Waals surface area contributed by atoms with Gasteiger partial charge >= 0.3 is 5.97 Å². The van der Waals surface area contributed by atoms with Crippen LogP contribution in [0.1, 0.15) is 22.6 Å². The number of hydrogen-bond acceptors (Lipinski definition) is 6. The minimum atomic E-state index is -0.316. The van der Waals surface area contributed by atoms with Crippen molar-refractivity contribution in [1.82, 2.24) is 10.2 Å². The zero-order valence-corrected chi connectivity index (χ0v) is 12.5. The number of thioether (sulfide) groups is 1. The molecule has 0 N–H and O–H groups in total. The van der Waals surface area contributed by atoms with Gasteiger partial charge < -0.3 is 9.15 Å². The van der Waals surface area contributed by atoms with Gasteiger partial charge in [-0.3, -0.25) is 4.79 Å². The van der Waals surface area contributed by atoms with Gasteiger partial charge in [-0.25, -0.2) is 0 Å². The maximum atomic E-state index is 11.0. The maximum absolute atomic E-state index is 11.0. The van der Waals surface area contributed by atoms with Gasteiger partial charge in [-0.05, 0) is 30.5 Å². The van der Waals surface area contributed by atoms with E-state index >= 15 is 0 Å². The third-order valence-corrected chi connectivity index (χ3v) is 3.71. The first-order chi connectivity index (χ1) is 9.58. The highest BCUT2D eigenvalue weighted by Gasteiger charge is 2.10. The number of methoxy groups -OCH3 is 1. The van der Waals surface area contributed by atoms with E-state index in [-0.39, 0.29) is 11.7 Å². The molecule has 0 aliphatic carbocycles. The van der Waals surface area contributed by atoms with Crippen molar-refractivity contribution in [2.24, 2.45) is 0 Å². The minimum Gasteiger partial charge on any atom is -0.468 e. The van der Waals surface area contributed by atoms with E-state index in [2.05, 4.69) is 40.9 Å². The second-order valence-electron chi connectivity index (χ2n) is 4.42. The van der Waals surface area contributed by atoms with Crippen LogP contribution in [0, 0.1) is 13.8 Å². The summed E-state index contributed by atoms with van der Waals surface area (Å²) in [5, 5.41) is 8.26. The molecule has 0 amide bonds. The van der Waals surface area contributed by atoms with Crippen LogP contribution in [0.5, 0.6) is 0 Å². The van der Waals surface area contributed by atoms with E-state index in [1.165, 1.54) is 30.0 Å². The number of carbonyl (C=O) groups excluding carboxylic acids is 1. The van der Waals surface area contributed by atoms with Crippen molar-refractivity contribution in [2.75, 3.05) is 12.9 Å². The Labute approximate surface area is 121 Å². The molecule has 106 valence electrons. The molecule has 1 aromatic heterocycles. The highest BCUT2D eigenvalue weighted by Crippen LogP contribution is 2.18. The van der Waals surface area contributed by atoms with Crippen LogP contribution in [0.2, 0.25) is 0 Å². The maximum Gasteiger partial charge on any atom is 0.316 e. The Kier molecular flexibility index (Phi) is 4.79. The smallest absolute Gasteiger partial charge is 0.316 e. The standard InChI is InChI=1S/C14H16N2O3S/c1-9-4-5-11(6-10(9)2)7-12-15-16-14(19-12)20-8-13(17)18-3/h4-6H,7-8H2,1-3H3. The fourth-order valence-electron chi connectivity index (χ4n) is 1.64. The molecule has 5 nitrogen and oxygen atoms in total. The molecule has 2 aromatic rings. The number of esters is 1. The van der Waals surface area contributed by atoms with Crippen LogP contribution in [0.3, 0.4) is 0 Å². The monoisotopic (exact) mass is 292 g/mol. The molecule has 2 rings (SSSR count). The van der Waals surface area contributed by atoms with Crippen molar-refractivity contribution in [3.63, 3.8) is 0 Å². The SMILES string of the molecule is COC(=O)CSc1nnc(Cc2ccc(C)c(C)c2)o1. The molecule has 0 atom stereocenters. The summed E-state index contributed by atoms with van der Waals surface area (Å²) in [5.41, 5.74) is 3.62. The molecule has 1 heterocycles. The molecule has 0 bridgehead atoms. The zero-order chi connectivity index (χ0) is 14.5. The highest BCUT2D eigenvalue weighted by atomic mass is 32.2. The summed E-state index contributed by atoms with van der Waals surface area (Å²) >= 11 is 1.18. The van der Waals surface area contributed by atoms with Crippen LogP contribution in [-0.2, 0) is 16.0 Å². The number of benzene rings is 1. The molecule has 0 saturated carbocycles. The third kappa shape index (κ3) is 3.84. The van der Waals surface area contributed by atoms with Gasteiger partial charge in [0.05, 0.1) is 13.5 Å². The Hall–Kier alpha value is -1.82. The Morgan fingerprint density at radius 3 is 2.80 bits per heavy atom. The van der Waals surface area contributed by atoms with Gasteiger partial charge in [0.25, 0.3) is 5.22 Å². The lowest BCUT2D eigenvalue weighted by atomic mass is 10.0. The number of aryl methyl sites for hydroxylation is 2. The lowest BCUT2D eigenvalue weighted by molar-refractivity contribution is -0.137. The van der Waals surface area contributed by atoms with Crippen molar-refractivity contribution < 1.29 is 13.9 Å². The van der Waals surface area contributed by atoms with Crippen LogP contribution in [0.15, 0.2) is 27.8 Å². The molecular formula is C14H16N2O3S. The van der Waals surface area contributed by atoms with E-state index < -0.39 is 0 Å². The number of carbonyl (C=O) groups is 1. The Balaban J connectivity index is 1.98.